The summed E-state index contributed by atoms with van der Waals surface area (Å²) in [4.78, 5) is 31.1. The molecular formula is C25H26ClFN6O2. The van der Waals surface area contributed by atoms with Crippen LogP contribution in [0.1, 0.15) is 60.8 Å². The first-order valence-electron chi connectivity index (χ1n) is 11.7. The van der Waals surface area contributed by atoms with Gasteiger partial charge in [-0.05, 0) is 70.2 Å². The molecular weight excluding hydrogens is 471 g/mol. The van der Waals surface area contributed by atoms with Crippen molar-refractivity contribution in [3.8, 4) is 0 Å². The highest BCUT2D eigenvalue weighted by molar-refractivity contribution is 6.34. The van der Waals surface area contributed by atoms with Crippen LogP contribution in [0, 0.1) is 25.1 Å². The lowest BCUT2D eigenvalue weighted by molar-refractivity contribution is -0.125. The molecule has 3 aromatic rings. The average molecular weight is 497 g/mol. The van der Waals surface area contributed by atoms with E-state index in [2.05, 4.69) is 20.5 Å². The predicted molar refractivity (Wildman–Crippen MR) is 131 cm³/mol. The molecule has 1 aliphatic carbocycles. The van der Waals surface area contributed by atoms with Gasteiger partial charge in [0.25, 0.3) is 11.8 Å². The number of amides is 2. The van der Waals surface area contributed by atoms with Gasteiger partial charge in [-0.15, -0.1) is 0 Å². The number of fused-ring (bicyclic) bond motifs is 1. The van der Waals surface area contributed by atoms with Gasteiger partial charge in [-0.3, -0.25) is 9.59 Å². The Balaban J connectivity index is 1.32. The second-order valence-corrected chi connectivity index (χ2v) is 9.68. The number of anilines is 1. The topological polar surface area (TPSA) is 92.0 Å². The lowest BCUT2D eigenvalue weighted by Crippen LogP contribution is -2.47. The molecule has 1 spiro atoms. The summed E-state index contributed by atoms with van der Waals surface area (Å²) >= 11 is 6.22. The summed E-state index contributed by atoms with van der Waals surface area (Å²) in [7, 11) is 0. The molecule has 0 atom stereocenters. The number of hydrogen-bond acceptors (Lipinski definition) is 5. The van der Waals surface area contributed by atoms with Crippen molar-refractivity contribution in [1.29, 1.82) is 0 Å². The highest BCUT2D eigenvalue weighted by Gasteiger charge is 2.52. The molecule has 1 N–H and O–H groups in total. The van der Waals surface area contributed by atoms with Crippen molar-refractivity contribution in [1.82, 2.24) is 19.9 Å². The van der Waals surface area contributed by atoms with E-state index in [0.29, 0.717) is 49.0 Å². The minimum Gasteiger partial charge on any atom is -0.349 e. The van der Waals surface area contributed by atoms with Crippen LogP contribution in [0.2, 0.25) is 5.02 Å². The zero-order valence-corrected chi connectivity index (χ0v) is 20.6. The number of nitrogens with one attached hydrogen (secondary N) is 1. The second kappa shape index (κ2) is 8.71. The van der Waals surface area contributed by atoms with E-state index in [1.807, 2.05) is 26.8 Å². The summed E-state index contributed by atoms with van der Waals surface area (Å²) in [5.74, 6) is -0.839. The summed E-state index contributed by atoms with van der Waals surface area (Å²) in [6, 6.07) is 5.76. The Labute approximate surface area is 207 Å². The van der Waals surface area contributed by atoms with Crippen LogP contribution < -0.4 is 10.3 Å². The van der Waals surface area contributed by atoms with Crippen LogP contribution in [-0.4, -0.2) is 38.2 Å². The molecule has 2 aromatic heterocycles. The molecule has 0 unspecified atom stereocenters. The predicted octanol–water partition coefficient (Wildman–Crippen LogP) is 4.61. The zero-order valence-electron chi connectivity index (χ0n) is 19.8. The Morgan fingerprint density at radius 3 is 2.69 bits per heavy atom. The molecule has 0 radical (unpaired) electrons. The molecule has 1 saturated carbocycles. The molecule has 2 amide bonds. The molecule has 5 rings (SSSR count). The van der Waals surface area contributed by atoms with Gasteiger partial charge in [0.05, 0.1) is 28.0 Å². The van der Waals surface area contributed by atoms with Crippen molar-refractivity contribution < 1.29 is 14.0 Å². The fourth-order valence-electron chi connectivity index (χ4n) is 5.26. The third-order valence-corrected chi connectivity index (χ3v) is 7.35. The van der Waals surface area contributed by atoms with E-state index in [0.717, 1.165) is 17.1 Å². The monoisotopic (exact) mass is 496 g/mol. The first kappa shape index (κ1) is 23.4. The number of hydrazone groups is 1. The number of benzene rings is 1. The van der Waals surface area contributed by atoms with E-state index in [1.165, 1.54) is 23.2 Å². The third-order valence-electron chi connectivity index (χ3n) is 7.04. The van der Waals surface area contributed by atoms with Gasteiger partial charge in [0, 0.05) is 17.4 Å². The smallest absolute Gasteiger partial charge is 0.259 e. The molecule has 182 valence electrons. The van der Waals surface area contributed by atoms with Crippen LogP contribution >= 0.6 is 11.6 Å². The van der Waals surface area contributed by atoms with Gasteiger partial charge in [-0.1, -0.05) is 18.5 Å². The maximum absolute atomic E-state index is 13.6. The summed E-state index contributed by atoms with van der Waals surface area (Å²) in [6.07, 6.45) is 4.54. The fraction of sp³-hybridized carbons (Fsp3) is 0.400. The van der Waals surface area contributed by atoms with Crippen LogP contribution in [0.3, 0.4) is 0 Å². The van der Waals surface area contributed by atoms with E-state index in [4.69, 9.17) is 11.6 Å². The minimum absolute atomic E-state index is 0.0802. The lowest BCUT2D eigenvalue weighted by atomic mass is 9.68. The summed E-state index contributed by atoms with van der Waals surface area (Å²) in [5.41, 5.74) is 3.14. The standard InChI is InChI=1S/C25H26ClFN6O2/c1-4-21-25(24(35)33(31-21)20-6-5-16(27)12-19(20)26)9-7-17(8-10-25)30-23(34)18-13-28-32-15(3)11-14(2)29-22(18)32/h5-6,11-13,17H,4,7-10H2,1-3H3,(H,30,34). The first-order chi connectivity index (χ1) is 16.7. The van der Waals surface area contributed by atoms with Crippen molar-refractivity contribution >= 4 is 40.5 Å². The highest BCUT2D eigenvalue weighted by atomic mass is 35.5. The van der Waals surface area contributed by atoms with Crippen LogP contribution in [0.15, 0.2) is 35.6 Å². The van der Waals surface area contributed by atoms with E-state index >= 15 is 0 Å². The Hall–Kier alpha value is -3.33. The molecule has 35 heavy (non-hydrogen) atoms. The van der Waals surface area contributed by atoms with Gasteiger partial charge in [-0.2, -0.15) is 15.2 Å². The van der Waals surface area contributed by atoms with Crippen molar-refractivity contribution in [2.45, 2.75) is 58.9 Å². The van der Waals surface area contributed by atoms with Crippen molar-refractivity contribution in [2.24, 2.45) is 10.5 Å². The normalized spacial score (nSPS) is 22.2. The lowest BCUT2D eigenvalue weighted by Gasteiger charge is -2.36. The Morgan fingerprint density at radius 1 is 1.26 bits per heavy atom. The van der Waals surface area contributed by atoms with Crippen LogP contribution in [0.25, 0.3) is 5.65 Å². The van der Waals surface area contributed by atoms with Crippen molar-refractivity contribution in [3.05, 3.63) is 58.3 Å². The fourth-order valence-corrected chi connectivity index (χ4v) is 5.51. The third kappa shape index (κ3) is 3.87. The zero-order chi connectivity index (χ0) is 24.9. The van der Waals surface area contributed by atoms with Gasteiger partial charge in [0.1, 0.15) is 11.4 Å². The number of carbonyl (C=O) groups excluding carboxylic acids is 2. The SMILES string of the molecule is CCC1=NN(c2ccc(F)cc2Cl)C(=O)C12CCC(NC(=O)c1cnn3c(C)cc(C)nc13)CC2. The van der Waals surface area contributed by atoms with Crippen LogP contribution in [0.5, 0.6) is 0 Å². The number of aromatic nitrogens is 3. The van der Waals surface area contributed by atoms with Gasteiger partial charge in [-0.25, -0.2) is 13.9 Å². The number of hydrogen-bond donors (Lipinski definition) is 1. The maximum Gasteiger partial charge on any atom is 0.259 e. The van der Waals surface area contributed by atoms with Crippen LogP contribution in [0.4, 0.5) is 10.1 Å². The molecule has 0 bridgehead atoms. The number of halogens is 2. The number of nitrogens with zero attached hydrogens (tertiary/aromatic N) is 5. The van der Waals surface area contributed by atoms with E-state index < -0.39 is 11.2 Å². The summed E-state index contributed by atoms with van der Waals surface area (Å²) < 4.78 is 15.2. The number of aryl methyl sites for hydroxylation is 2. The number of carbonyl (C=O) groups is 2. The van der Waals surface area contributed by atoms with Crippen molar-refractivity contribution in [3.63, 3.8) is 0 Å². The molecule has 0 saturated heterocycles. The number of rotatable bonds is 4. The quantitative estimate of drug-likeness (QED) is 0.571. The van der Waals surface area contributed by atoms with E-state index in [9.17, 15) is 14.0 Å². The van der Waals surface area contributed by atoms with Gasteiger partial charge >= 0.3 is 0 Å². The molecule has 2 aliphatic rings. The molecule has 1 fully saturated rings. The Morgan fingerprint density at radius 2 is 2.00 bits per heavy atom. The summed E-state index contributed by atoms with van der Waals surface area (Å²) in [6.45, 7) is 5.78. The minimum atomic E-state index is -0.728. The molecule has 10 heteroatoms. The molecule has 8 nitrogen and oxygen atoms in total. The maximum atomic E-state index is 13.6. The first-order valence-corrected chi connectivity index (χ1v) is 12.1. The Bertz CT molecular complexity index is 1380. The van der Waals surface area contributed by atoms with E-state index in [-0.39, 0.29) is 22.9 Å². The van der Waals surface area contributed by atoms with Crippen molar-refractivity contribution in [2.75, 3.05) is 5.01 Å². The van der Waals surface area contributed by atoms with Gasteiger partial charge in [0.15, 0.2) is 5.65 Å². The average Bonchev–Trinajstić information content (AvgIpc) is 3.35. The van der Waals surface area contributed by atoms with E-state index in [1.54, 1.807) is 10.7 Å². The molecule has 1 aliphatic heterocycles. The molecule has 1 aromatic carbocycles. The highest BCUT2D eigenvalue weighted by Crippen LogP contribution is 2.46. The Kier molecular flexibility index (Phi) is 5.83. The second-order valence-electron chi connectivity index (χ2n) is 9.28. The van der Waals surface area contributed by atoms with Crippen LogP contribution in [-0.2, 0) is 4.79 Å². The van der Waals surface area contributed by atoms with Gasteiger partial charge in [0.2, 0.25) is 0 Å². The van der Waals surface area contributed by atoms with Gasteiger partial charge < -0.3 is 5.32 Å². The largest absolute Gasteiger partial charge is 0.349 e. The summed E-state index contributed by atoms with van der Waals surface area (Å²) in [5, 5.41) is 13.5. The molecule has 3 heterocycles.